The van der Waals surface area contributed by atoms with Crippen LogP contribution in [-0.2, 0) is 13.1 Å². The minimum Gasteiger partial charge on any atom is -0.367 e. The molecule has 0 aromatic heterocycles. The molecule has 0 aliphatic carbocycles. The van der Waals surface area contributed by atoms with E-state index in [1.165, 1.54) is 67.0 Å². The van der Waals surface area contributed by atoms with Gasteiger partial charge in [-0.05, 0) is 133 Å². The summed E-state index contributed by atoms with van der Waals surface area (Å²) in [6.07, 6.45) is 0. The standard InChI is InChI=1S/C60H61N3/c1-7-61(42-48-18-14-44(3)15-19-48)56-32-22-50(23-33-56)46(5)52-26-36-58(37-27-52)63(60-40-30-55(31-41-60)54-12-10-9-11-13-54)59-38-28-53(29-39-59)47(6)51-24-34-57(35-25-51)62(8-2)43-49-20-16-45(4)17-21-49/h9-41,46-47H,7-8,42-43H2,1-6H3. The van der Waals surface area contributed by atoms with E-state index < -0.39 is 0 Å². The summed E-state index contributed by atoms with van der Waals surface area (Å²) >= 11 is 0. The van der Waals surface area contributed by atoms with Gasteiger partial charge in [-0.15, -0.1) is 0 Å². The Morgan fingerprint density at radius 2 is 0.635 bits per heavy atom. The largest absolute Gasteiger partial charge is 0.367 e. The van der Waals surface area contributed by atoms with E-state index in [-0.39, 0.29) is 11.8 Å². The Hall–Kier alpha value is -6.84. The zero-order chi connectivity index (χ0) is 43.7. The Bertz CT molecular complexity index is 2480. The third-order valence-corrected chi connectivity index (χ3v) is 12.8. The molecule has 0 radical (unpaired) electrons. The molecule has 0 spiro atoms. The van der Waals surface area contributed by atoms with Crippen molar-refractivity contribution in [2.45, 2.75) is 66.5 Å². The van der Waals surface area contributed by atoms with E-state index in [2.05, 4.69) is 256 Å². The molecule has 0 heterocycles. The lowest BCUT2D eigenvalue weighted by Crippen LogP contribution is -2.21. The third-order valence-electron chi connectivity index (χ3n) is 12.8. The van der Waals surface area contributed by atoms with Crippen LogP contribution >= 0.6 is 0 Å². The summed E-state index contributed by atoms with van der Waals surface area (Å²) in [4.78, 5) is 7.25. The Morgan fingerprint density at radius 1 is 0.333 bits per heavy atom. The average Bonchev–Trinajstić information content (AvgIpc) is 3.34. The number of rotatable bonds is 16. The summed E-state index contributed by atoms with van der Waals surface area (Å²) in [6.45, 7) is 17.1. The van der Waals surface area contributed by atoms with Gasteiger partial charge in [0.05, 0.1) is 0 Å². The number of anilines is 5. The summed E-state index contributed by atoms with van der Waals surface area (Å²) in [6, 6.07) is 74.0. The van der Waals surface area contributed by atoms with Crippen molar-refractivity contribution in [3.8, 4) is 11.1 Å². The normalized spacial score (nSPS) is 12.1. The lowest BCUT2D eigenvalue weighted by atomic mass is 9.92. The first-order chi connectivity index (χ1) is 30.8. The summed E-state index contributed by atoms with van der Waals surface area (Å²) in [5.41, 5.74) is 18.8. The molecule has 8 rings (SSSR count). The average molecular weight is 824 g/mol. The molecule has 2 atom stereocenters. The highest BCUT2D eigenvalue weighted by Crippen LogP contribution is 2.38. The summed E-state index contributed by atoms with van der Waals surface area (Å²) < 4.78 is 0. The Balaban J connectivity index is 1.01. The minimum absolute atomic E-state index is 0.256. The van der Waals surface area contributed by atoms with Gasteiger partial charge in [-0.25, -0.2) is 0 Å². The van der Waals surface area contributed by atoms with E-state index in [0.29, 0.717) is 0 Å². The Kier molecular flexibility index (Phi) is 13.5. The lowest BCUT2D eigenvalue weighted by molar-refractivity contribution is 0.829. The molecule has 0 aliphatic heterocycles. The van der Waals surface area contributed by atoms with Crippen molar-refractivity contribution in [3.05, 3.63) is 245 Å². The predicted molar refractivity (Wildman–Crippen MR) is 270 cm³/mol. The molecular formula is C60H61N3. The van der Waals surface area contributed by atoms with Gasteiger partial charge >= 0.3 is 0 Å². The number of nitrogens with zero attached hydrogens (tertiary/aromatic N) is 3. The molecule has 0 fully saturated rings. The van der Waals surface area contributed by atoms with Gasteiger partial charge in [-0.2, -0.15) is 0 Å². The second kappa shape index (κ2) is 19.9. The van der Waals surface area contributed by atoms with E-state index in [9.17, 15) is 0 Å². The van der Waals surface area contributed by atoms with Crippen molar-refractivity contribution in [2.75, 3.05) is 27.8 Å². The Morgan fingerprint density at radius 3 is 0.968 bits per heavy atom. The molecule has 3 heteroatoms. The fourth-order valence-electron chi connectivity index (χ4n) is 8.64. The zero-order valence-corrected chi connectivity index (χ0v) is 37.9. The fourth-order valence-corrected chi connectivity index (χ4v) is 8.64. The molecule has 0 aliphatic rings. The molecule has 8 aromatic carbocycles. The van der Waals surface area contributed by atoms with Gasteiger partial charge in [0.15, 0.2) is 0 Å². The van der Waals surface area contributed by atoms with Crippen molar-refractivity contribution in [1.82, 2.24) is 0 Å². The molecule has 316 valence electrons. The number of hydrogen-bond acceptors (Lipinski definition) is 3. The minimum atomic E-state index is 0.256. The molecule has 63 heavy (non-hydrogen) atoms. The van der Waals surface area contributed by atoms with E-state index in [4.69, 9.17) is 0 Å². The highest BCUT2D eigenvalue weighted by molar-refractivity contribution is 5.78. The van der Waals surface area contributed by atoms with Crippen LogP contribution in [0, 0.1) is 13.8 Å². The number of aryl methyl sites for hydroxylation is 2. The number of benzene rings is 8. The predicted octanol–water partition coefficient (Wildman–Crippen LogP) is 15.8. The molecule has 0 N–H and O–H groups in total. The summed E-state index contributed by atoms with van der Waals surface area (Å²) in [5.74, 6) is 0.513. The van der Waals surface area contributed by atoms with E-state index in [0.717, 1.165) is 43.2 Å². The van der Waals surface area contributed by atoms with Crippen LogP contribution in [0.25, 0.3) is 11.1 Å². The summed E-state index contributed by atoms with van der Waals surface area (Å²) in [5, 5.41) is 0. The molecule has 8 aromatic rings. The molecular weight excluding hydrogens is 763 g/mol. The lowest BCUT2D eigenvalue weighted by Gasteiger charge is -2.27. The van der Waals surface area contributed by atoms with Crippen molar-refractivity contribution < 1.29 is 0 Å². The van der Waals surface area contributed by atoms with Gasteiger partial charge in [0.25, 0.3) is 0 Å². The van der Waals surface area contributed by atoms with Crippen LogP contribution in [0.5, 0.6) is 0 Å². The van der Waals surface area contributed by atoms with E-state index >= 15 is 0 Å². The van der Waals surface area contributed by atoms with Crippen molar-refractivity contribution >= 4 is 28.4 Å². The molecule has 0 amide bonds. The van der Waals surface area contributed by atoms with Gasteiger partial charge in [0.1, 0.15) is 0 Å². The van der Waals surface area contributed by atoms with Crippen LogP contribution in [0.15, 0.2) is 200 Å². The molecule has 0 saturated carbocycles. The Labute approximate surface area is 376 Å². The van der Waals surface area contributed by atoms with Gasteiger partial charge in [0.2, 0.25) is 0 Å². The first-order valence-corrected chi connectivity index (χ1v) is 22.7. The zero-order valence-electron chi connectivity index (χ0n) is 37.9. The molecule has 0 bridgehead atoms. The highest BCUT2D eigenvalue weighted by atomic mass is 15.1. The molecule has 3 nitrogen and oxygen atoms in total. The van der Waals surface area contributed by atoms with E-state index in [1.807, 2.05) is 0 Å². The monoisotopic (exact) mass is 823 g/mol. The van der Waals surface area contributed by atoms with Gasteiger partial charge < -0.3 is 14.7 Å². The van der Waals surface area contributed by atoms with Crippen LogP contribution in [0.4, 0.5) is 28.4 Å². The smallest absolute Gasteiger partial charge is 0.0462 e. The van der Waals surface area contributed by atoms with Gasteiger partial charge in [-0.3, -0.25) is 0 Å². The van der Waals surface area contributed by atoms with Crippen molar-refractivity contribution in [3.63, 3.8) is 0 Å². The fraction of sp³-hybridized carbons (Fsp3) is 0.200. The second-order valence-corrected chi connectivity index (χ2v) is 17.1. The van der Waals surface area contributed by atoms with Crippen LogP contribution in [0.3, 0.4) is 0 Å². The third kappa shape index (κ3) is 10.3. The van der Waals surface area contributed by atoms with Gasteiger partial charge in [0, 0.05) is 66.5 Å². The van der Waals surface area contributed by atoms with Crippen molar-refractivity contribution in [1.29, 1.82) is 0 Å². The van der Waals surface area contributed by atoms with Crippen LogP contribution in [-0.4, -0.2) is 13.1 Å². The topological polar surface area (TPSA) is 9.72 Å². The van der Waals surface area contributed by atoms with Crippen LogP contribution < -0.4 is 14.7 Å². The first-order valence-electron chi connectivity index (χ1n) is 22.7. The maximum absolute atomic E-state index is 2.44. The first kappa shape index (κ1) is 42.8. The van der Waals surface area contributed by atoms with Crippen LogP contribution in [0.1, 0.15) is 84.0 Å². The van der Waals surface area contributed by atoms with Crippen molar-refractivity contribution in [2.24, 2.45) is 0 Å². The quantitative estimate of drug-likeness (QED) is 0.0961. The second-order valence-electron chi connectivity index (χ2n) is 17.1. The van der Waals surface area contributed by atoms with E-state index in [1.54, 1.807) is 0 Å². The highest BCUT2D eigenvalue weighted by Gasteiger charge is 2.17. The summed E-state index contributed by atoms with van der Waals surface area (Å²) in [7, 11) is 0. The maximum Gasteiger partial charge on any atom is 0.0462 e. The molecule has 2 unspecified atom stereocenters. The van der Waals surface area contributed by atoms with Gasteiger partial charge in [-0.1, -0.05) is 165 Å². The number of hydrogen-bond donors (Lipinski definition) is 0. The molecule has 0 saturated heterocycles. The SMILES string of the molecule is CCN(Cc1ccc(C)cc1)c1ccc(C(C)c2ccc(N(c3ccc(-c4ccccc4)cc3)c3ccc(C(C)c4ccc(N(CC)Cc5ccc(C)cc5)cc4)cc3)cc2)cc1. The maximum atomic E-state index is 2.44. The van der Waals surface area contributed by atoms with Crippen LogP contribution in [0.2, 0.25) is 0 Å².